The average Bonchev–Trinajstić information content (AvgIpc) is 3.51. The molecular weight excluding hydrogens is 418 g/mol. The molecule has 160 valence electrons. The molecule has 0 radical (unpaired) electrons. The van der Waals surface area contributed by atoms with Gasteiger partial charge >= 0.3 is 5.69 Å². The van der Waals surface area contributed by atoms with E-state index >= 15 is 0 Å². The lowest BCUT2D eigenvalue weighted by molar-refractivity contribution is 0.0219. The zero-order valence-electron chi connectivity index (χ0n) is 16.6. The summed E-state index contributed by atoms with van der Waals surface area (Å²) in [5.74, 6) is -2.50. The SMILES string of the molecule is O=c1n(-c2ccccc2)c(C2CC(F)(F)CN2c2ncnc3nc[nH]c23)nc2cccn12. The molecule has 0 bridgehead atoms. The van der Waals surface area contributed by atoms with Crippen LogP contribution >= 0.6 is 0 Å². The van der Waals surface area contributed by atoms with E-state index < -0.39 is 24.9 Å². The molecule has 4 aromatic heterocycles. The van der Waals surface area contributed by atoms with E-state index in [1.54, 1.807) is 42.6 Å². The summed E-state index contributed by atoms with van der Waals surface area (Å²) in [6, 6.07) is 11.4. The largest absolute Gasteiger partial charge is 0.340 e. The van der Waals surface area contributed by atoms with Gasteiger partial charge in [0.25, 0.3) is 5.92 Å². The number of nitrogens with one attached hydrogen (secondary N) is 1. The van der Waals surface area contributed by atoms with Crippen LogP contribution in [0, 0.1) is 0 Å². The molecule has 5 aromatic rings. The molecule has 1 aromatic carbocycles. The van der Waals surface area contributed by atoms with Gasteiger partial charge in [-0.3, -0.25) is 4.40 Å². The summed E-state index contributed by atoms with van der Waals surface area (Å²) < 4.78 is 32.4. The Morgan fingerprint density at radius 3 is 2.75 bits per heavy atom. The fourth-order valence-electron chi connectivity index (χ4n) is 4.28. The first kappa shape index (κ1) is 18.6. The Labute approximate surface area is 179 Å². The van der Waals surface area contributed by atoms with Crippen molar-refractivity contribution in [2.24, 2.45) is 0 Å². The molecule has 0 amide bonds. The lowest BCUT2D eigenvalue weighted by atomic mass is 10.1. The summed E-state index contributed by atoms with van der Waals surface area (Å²) in [5.41, 5.74) is 1.37. The third-order valence-corrected chi connectivity index (χ3v) is 5.64. The first-order chi connectivity index (χ1) is 15.5. The molecule has 1 saturated heterocycles. The Bertz CT molecular complexity index is 1510. The third kappa shape index (κ3) is 2.77. The van der Waals surface area contributed by atoms with Crippen molar-refractivity contribution in [2.75, 3.05) is 11.4 Å². The molecule has 11 heteroatoms. The van der Waals surface area contributed by atoms with Crippen molar-refractivity contribution in [3.8, 4) is 5.69 Å². The van der Waals surface area contributed by atoms with Crippen LogP contribution in [0.4, 0.5) is 14.6 Å². The second-order valence-corrected chi connectivity index (χ2v) is 7.66. The first-order valence-electron chi connectivity index (χ1n) is 9.96. The Kier molecular flexibility index (Phi) is 3.88. The lowest BCUT2D eigenvalue weighted by Gasteiger charge is -2.26. The fourth-order valence-corrected chi connectivity index (χ4v) is 4.28. The number of anilines is 1. The molecule has 1 unspecified atom stereocenters. The summed E-state index contributed by atoms with van der Waals surface area (Å²) in [6.45, 7) is -0.570. The third-order valence-electron chi connectivity index (χ3n) is 5.64. The number of alkyl halides is 2. The Morgan fingerprint density at radius 2 is 1.91 bits per heavy atom. The zero-order valence-corrected chi connectivity index (χ0v) is 16.6. The van der Waals surface area contributed by atoms with Gasteiger partial charge in [-0.25, -0.2) is 38.1 Å². The average molecular weight is 434 g/mol. The molecule has 1 fully saturated rings. The van der Waals surface area contributed by atoms with Gasteiger partial charge in [-0.15, -0.1) is 0 Å². The molecule has 1 atom stereocenters. The predicted molar refractivity (Wildman–Crippen MR) is 112 cm³/mol. The van der Waals surface area contributed by atoms with Crippen molar-refractivity contribution in [2.45, 2.75) is 18.4 Å². The van der Waals surface area contributed by atoms with Crippen molar-refractivity contribution in [1.82, 2.24) is 33.9 Å². The zero-order chi connectivity index (χ0) is 21.9. The van der Waals surface area contributed by atoms with Crippen LogP contribution in [0.3, 0.4) is 0 Å². The number of nitrogens with zero attached hydrogens (tertiary/aromatic N) is 7. The van der Waals surface area contributed by atoms with Crippen LogP contribution < -0.4 is 10.6 Å². The molecule has 6 rings (SSSR count). The number of para-hydroxylation sites is 1. The van der Waals surface area contributed by atoms with Crippen LogP contribution in [0.2, 0.25) is 0 Å². The van der Waals surface area contributed by atoms with E-state index in [-0.39, 0.29) is 11.5 Å². The highest BCUT2D eigenvalue weighted by Gasteiger charge is 2.48. The predicted octanol–water partition coefficient (Wildman–Crippen LogP) is 2.74. The highest BCUT2D eigenvalue weighted by atomic mass is 19.3. The second-order valence-electron chi connectivity index (χ2n) is 7.66. The molecule has 0 saturated carbocycles. The summed E-state index contributed by atoms with van der Waals surface area (Å²) in [7, 11) is 0. The lowest BCUT2D eigenvalue weighted by Crippen LogP contribution is -2.34. The van der Waals surface area contributed by atoms with Crippen LogP contribution in [-0.4, -0.2) is 46.4 Å². The number of hydrogen-bond acceptors (Lipinski definition) is 6. The van der Waals surface area contributed by atoms with Gasteiger partial charge in [0.05, 0.1) is 24.6 Å². The highest BCUT2D eigenvalue weighted by Crippen LogP contribution is 2.43. The quantitative estimate of drug-likeness (QED) is 0.469. The maximum Gasteiger partial charge on any atom is 0.339 e. The Balaban J connectivity index is 1.62. The number of halogens is 2. The van der Waals surface area contributed by atoms with Crippen molar-refractivity contribution >= 4 is 22.6 Å². The summed E-state index contributed by atoms with van der Waals surface area (Å²) >= 11 is 0. The summed E-state index contributed by atoms with van der Waals surface area (Å²) in [5, 5.41) is 0. The fraction of sp³-hybridized carbons (Fsp3) is 0.190. The van der Waals surface area contributed by atoms with Gasteiger partial charge in [-0.1, -0.05) is 18.2 Å². The van der Waals surface area contributed by atoms with Crippen molar-refractivity contribution < 1.29 is 8.78 Å². The van der Waals surface area contributed by atoms with Crippen LogP contribution in [0.15, 0.2) is 66.1 Å². The molecular formula is C21H16F2N8O. The molecule has 32 heavy (non-hydrogen) atoms. The molecule has 1 aliphatic rings. The first-order valence-corrected chi connectivity index (χ1v) is 9.96. The minimum absolute atomic E-state index is 0.218. The van der Waals surface area contributed by atoms with Gasteiger partial charge in [0.2, 0.25) is 0 Å². The van der Waals surface area contributed by atoms with Gasteiger partial charge in [0, 0.05) is 12.6 Å². The van der Waals surface area contributed by atoms with Gasteiger partial charge in [0.15, 0.2) is 11.5 Å². The topological polar surface area (TPSA) is 97.0 Å². The highest BCUT2D eigenvalue weighted by molar-refractivity contribution is 5.83. The number of benzene rings is 1. The maximum atomic E-state index is 14.8. The molecule has 1 N–H and O–H groups in total. The smallest absolute Gasteiger partial charge is 0.339 e. The van der Waals surface area contributed by atoms with E-state index in [2.05, 4.69) is 24.9 Å². The van der Waals surface area contributed by atoms with E-state index in [0.29, 0.717) is 28.3 Å². The minimum Gasteiger partial charge on any atom is -0.340 e. The van der Waals surface area contributed by atoms with E-state index in [4.69, 9.17) is 0 Å². The normalized spacial score (nSPS) is 18.1. The monoisotopic (exact) mass is 434 g/mol. The van der Waals surface area contributed by atoms with E-state index in [1.807, 2.05) is 6.07 Å². The maximum absolute atomic E-state index is 14.8. The van der Waals surface area contributed by atoms with Crippen LogP contribution in [0.1, 0.15) is 18.3 Å². The van der Waals surface area contributed by atoms with Crippen molar-refractivity contribution in [3.63, 3.8) is 0 Å². The van der Waals surface area contributed by atoms with Crippen LogP contribution in [0.25, 0.3) is 22.5 Å². The standard InChI is InChI=1S/C21H16F2N8O/c22-21(23)9-14(30(10-21)19-16-17(25-11-24-16)26-12-27-19)18-28-15-7-4-8-29(15)20(32)31(18)13-5-2-1-3-6-13/h1-8,11-12,14H,9-10H2,(H,24,25,26,27). The van der Waals surface area contributed by atoms with Crippen molar-refractivity contribution in [1.29, 1.82) is 0 Å². The van der Waals surface area contributed by atoms with Gasteiger partial charge < -0.3 is 9.88 Å². The second kappa shape index (κ2) is 6.67. The molecule has 1 aliphatic heterocycles. The number of H-pyrrole nitrogens is 1. The van der Waals surface area contributed by atoms with E-state index in [9.17, 15) is 13.6 Å². The molecule has 0 spiro atoms. The number of aromatic amines is 1. The molecule has 9 nitrogen and oxygen atoms in total. The van der Waals surface area contributed by atoms with Gasteiger partial charge in [-0.2, -0.15) is 0 Å². The summed E-state index contributed by atoms with van der Waals surface area (Å²) in [6.07, 6.45) is 3.83. The van der Waals surface area contributed by atoms with Crippen LogP contribution in [-0.2, 0) is 0 Å². The molecule has 5 heterocycles. The molecule has 0 aliphatic carbocycles. The van der Waals surface area contributed by atoms with Crippen LogP contribution in [0.5, 0.6) is 0 Å². The number of imidazole rings is 1. The number of rotatable bonds is 3. The summed E-state index contributed by atoms with van der Waals surface area (Å²) in [4.78, 5) is 34.9. The Morgan fingerprint density at radius 1 is 1.06 bits per heavy atom. The van der Waals surface area contributed by atoms with Gasteiger partial charge in [0.1, 0.15) is 23.3 Å². The van der Waals surface area contributed by atoms with E-state index in [1.165, 1.54) is 26.5 Å². The Hall–Kier alpha value is -4.15. The van der Waals surface area contributed by atoms with Crippen molar-refractivity contribution in [3.05, 3.63) is 77.6 Å². The van der Waals surface area contributed by atoms with Gasteiger partial charge in [-0.05, 0) is 24.3 Å². The number of fused-ring (bicyclic) bond motifs is 2. The number of hydrogen-bond donors (Lipinski definition) is 1. The minimum atomic E-state index is -3.00. The number of aromatic nitrogens is 7. The van der Waals surface area contributed by atoms with E-state index in [0.717, 1.165) is 0 Å².